The molecule has 0 saturated heterocycles. The van der Waals surface area contributed by atoms with Gasteiger partial charge in [-0.3, -0.25) is 14.2 Å². The molecule has 0 unspecified atom stereocenters. The molecule has 0 aliphatic rings. The standard InChI is InChI=1S/C22H21ClN4O2/c1-2-11-24-19(28)13-27-18-10-6-4-8-16(18)20-21(27)22(29)26(14-25-20)12-15-7-3-5-9-17(15)23/h3-10,14H,2,11-13H2,1H3,(H,24,28). The Hall–Kier alpha value is -3.12. The third-order valence-corrected chi connectivity index (χ3v) is 5.27. The normalized spacial score (nSPS) is 11.2. The van der Waals surface area contributed by atoms with Crippen LogP contribution in [0.25, 0.3) is 21.9 Å². The molecule has 7 heteroatoms. The Balaban J connectivity index is 1.86. The number of carbonyl (C=O) groups excluding carboxylic acids is 1. The minimum Gasteiger partial charge on any atom is -0.355 e. The summed E-state index contributed by atoms with van der Waals surface area (Å²) in [6.07, 6.45) is 2.40. The number of hydrogen-bond donors (Lipinski definition) is 1. The van der Waals surface area contributed by atoms with Crippen LogP contribution in [0.4, 0.5) is 0 Å². The lowest BCUT2D eigenvalue weighted by molar-refractivity contribution is -0.121. The molecular formula is C22H21ClN4O2. The van der Waals surface area contributed by atoms with E-state index in [2.05, 4.69) is 10.3 Å². The van der Waals surface area contributed by atoms with E-state index >= 15 is 0 Å². The summed E-state index contributed by atoms with van der Waals surface area (Å²) in [6.45, 7) is 2.98. The van der Waals surface area contributed by atoms with Crippen molar-refractivity contribution in [3.05, 3.63) is 75.8 Å². The quantitative estimate of drug-likeness (QED) is 0.530. The molecule has 6 nitrogen and oxygen atoms in total. The first-order valence-corrected chi connectivity index (χ1v) is 9.94. The highest BCUT2D eigenvalue weighted by molar-refractivity contribution is 6.31. The maximum absolute atomic E-state index is 13.4. The summed E-state index contributed by atoms with van der Waals surface area (Å²) in [5.74, 6) is -0.129. The van der Waals surface area contributed by atoms with E-state index in [9.17, 15) is 9.59 Å². The Bertz CT molecular complexity index is 1260. The van der Waals surface area contributed by atoms with Crippen molar-refractivity contribution in [1.82, 2.24) is 19.4 Å². The Morgan fingerprint density at radius 2 is 1.90 bits per heavy atom. The van der Waals surface area contributed by atoms with E-state index in [1.165, 1.54) is 4.57 Å². The van der Waals surface area contributed by atoms with Crippen molar-refractivity contribution in [2.24, 2.45) is 0 Å². The van der Waals surface area contributed by atoms with Crippen LogP contribution in [-0.4, -0.2) is 26.6 Å². The molecule has 2 aromatic heterocycles. The Kier molecular flexibility index (Phi) is 5.36. The third-order valence-electron chi connectivity index (χ3n) is 4.91. The van der Waals surface area contributed by atoms with Gasteiger partial charge in [0.15, 0.2) is 0 Å². The van der Waals surface area contributed by atoms with Crippen molar-refractivity contribution in [3.63, 3.8) is 0 Å². The highest BCUT2D eigenvalue weighted by Crippen LogP contribution is 2.25. The number of nitrogens with one attached hydrogen (secondary N) is 1. The van der Waals surface area contributed by atoms with Gasteiger partial charge in [-0.1, -0.05) is 54.9 Å². The lowest BCUT2D eigenvalue weighted by atomic mass is 10.2. The monoisotopic (exact) mass is 408 g/mol. The fraction of sp³-hybridized carbons (Fsp3) is 0.227. The summed E-state index contributed by atoms with van der Waals surface area (Å²) >= 11 is 6.26. The van der Waals surface area contributed by atoms with Crippen molar-refractivity contribution in [2.45, 2.75) is 26.4 Å². The van der Waals surface area contributed by atoms with Crippen LogP contribution in [0, 0.1) is 0 Å². The highest BCUT2D eigenvalue weighted by Gasteiger charge is 2.18. The SMILES string of the molecule is CCCNC(=O)Cn1c2ccccc2c2ncn(Cc3ccccc3Cl)c(=O)c21. The van der Waals surface area contributed by atoms with Gasteiger partial charge in [-0.25, -0.2) is 4.98 Å². The average Bonchev–Trinajstić information content (AvgIpc) is 3.04. The molecule has 0 spiro atoms. The topological polar surface area (TPSA) is 68.9 Å². The van der Waals surface area contributed by atoms with Gasteiger partial charge in [-0.2, -0.15) is 0 Å². The number of amides is 1. The van der Waals surface area contributed by atoms with Crippen LogP contribution < -0.4 is 10.9 Å². The van der Waals surface area contributed by atoms with E-state index < -0.39 is 0 Å². The number of nitrogens with zero attached hydrogens (tertiary/aromatic N) is 3. The van der Waals surface area contributed by atoms with E-state index in [1.54, 1.807) is 17.0 Å². The summed E-state index contributed by atoms with van der Waals surface area (Å²) in [7, 11) is 0. The molecule has 1 amide bonds. The molecule has 0 saturated carbocycles. The number of rotatable bonds is 6. The first kappa shape index (κ1) is 19.2. The zero-order chi connectivity index (χ0) is 20.4. The second-order valence-corrected chi connectivity index (χ2v) is 7.33. The number of hydrogen-bond acceptors (Lipinski definition) is 3. The van der Waals surface area contributed by atoms with Crippen LogP contribution in [0.15, 0.2) is 59.7 Å². The molecule has 0 radical (unpaired) electrons. The van der Waals surface area contributed by atoms with Gasteiger partial charge in [0.1, 0.15) is 17.6 Å². The van der Waals surface area contributed by atoms with Gasteiger partial charge in [0.05, 0.1) is 18.4 Å². The minimum absolute atomic E-state index is 0.0665. The lowest BCUT2D eigenvalue weighted by Gasteiger charge is -2.10. The fourth-order valence-corrected chi connectivity index (χ4v) is 3.69. The van der Waals surface area contributed by atoms with Gasteiger partial charge in [0.25, 0.3) is 5.56 Å². The van der Waals surface area contributed by atoms with E-state index in [-0.39, 0.29) is 18.0 Å². The van der Waals surface area contributed by atoms with Crippen LogP contribution in [-0.2, 0) is 17.9 Å². The summed E-state index contributed by atoms with van der Waals surface area (Å²) in [6, 6.07) is 15.0. The van der Waals surface area contributed by atoms with Crippen LogP contribution >= 0.6 is 11.6 Å². The molecule has 4 aromatic rings. The molecule has 29 heavy (non-hydrogen) atoms. The molecule has 0 bridgehead atoms. The van der Waals surface area contributed by atoms with Crippen molar-refractivity contribution in [3.8, 4) is 0 Å². The fourth-order valence-electron chi connectivity index (χ4n) is 3.50. The maximum atomic E-state index is 13.4. The molecular weight excluding hydrogens is 388 g/mol. The predicted molar refractivity (Wildman–Crippen MR) is 115 cm³/mol. The van der Waals surface area contributed by atoms with Gasteiger partial charge < -0.3 is 9.88 Å². The van der Waals surface area contributed by atoms with Gasteiger partial charge >= 0.3 is 0 Å². The number of para-hydroxylation sites is 1. The second kappa shape index (κ2) is 8.09. The molecule has 148 valence electrons. The third kappa shape index (κ3) is 3.63. The predicted octanol–water partition coefficient (Wildman–Crippen LogP) is 3.58. The first-order valence-electron chi connectivity index (χ1n) is 9.56. The summed E-state index contributed by atoms with van der Waals surface area (Å²) < 4.78 is 3.29. The largest absolute Gasteiger partial charge is 0.355 e. The Morgan fingerprint density at radius 1 is 1.14 bits per heavy atom. The number of carbonyl (C=O) groups is 1. The summed E-state index contributed by atoms with van der Waals surface area (Å²) in [4.78, 5) is 30.3. The highest BCUT2D eigenvalue weighted by atomic mass is 35.5. The second-order valence-electron chi connectivity index (χ2n) is 6.92. The molecule has 0 aliphatic heterocycles. The number of benzene rings is 2. The Labute approximate surface area is 172 Å². The smallest absolute Gasteiger partial charge is 0.278 e. The van der Waals surface area contributed by atoms with E-state index in [4.69, 9.17) is 11.6 Å². The van der Waals surface area contributed by atoms with Crippen molar-refractivity contribution >= 4 is 39.4 Å². The van der Waals surface area contributed by atoms with Crippen molar-refractivity contribution in [2.75, 3.05) is 6.54 Å². The van der Waals surface area contributed by atoms with Gasteiger partial charge in [-0.05, 0) is 24.1 Å². The molecule has 2 aromatic carbocycles. The molecule has 2 heterocycles. The van der Waals surface area contributed by atoms with E-state index in [0.717, 1.165) is 22.9 Å². The Morgan fingerprint density at radius 3 is 2.69 bits per heavy atom. The van der Waals surface area contributed by atoms with Crippen molar-refractivity contribution in [1.29, 1.82) is 0 Å². The zero-order valence-corrected chi connectivity index (χ0v) is 16.8. The maximum Gasteiger partial charge on any atom is 0.278 e. The molecule has 0 fully saturated rings. The van der Waals surface area contributed by atoms with Crippen molar-refractivity contribution < 1.29 is 4.79 Å². The molecule has 1 N–H and O–H groups in total. The summed E-state index contributed by atoms with van der Waals surface area (Å²) in [5, 5.41) is 4.33. The minimum atomic E-state index is -0.200. The van der Waals surface area contributed by atoms with E-state index in [1.807, 2.05) is 49.4 Å². The van der Waals surface area contributed by atoms with Crippen LogP contribution in [0.3, 0.4) is 0 Å². The lowest BCUT2D eigenvalue weighted by Crippen LogP contribution is -2.30. The van der Waals surface area contributed by atoms with Gasteiger partial charge in [0, 0.05) is 17.0 Å². The molecule has 0 aliphatic carbocycles. The van der Waals surface area contributed by atoms with Gasteiger partial charge in [-0.15, -0.1) is 0 Å². The number of halogens is 1. The van der Waals surface area contributed by atoms with Crippen LogP contribution in [0.5, 0.6) is 0 Å². The summed E-state index contributed by atoms with van der Waals surface area (Å²) in [5.41, 5.74) is 2.47. The van der Waals surface area contributed by atoms with Crippen LogP contribution in [0.2, 0.25) is 5.02 Å². The number of aromatic nitrogens is 3. The molecule has 0 atom stereocenters. The van der Waals surface area contributed by atoms with Gasteiger partial charge in [0.2, 0.25) is 5.91 Å². The average molecular weight is 409 g/mol. The molecule has 4 rings (SSSR count). The van der Waals surface area contributed by atoms with E-state index in [0.29, 0.717) is 29.1 Å². The number of fused-ring (bicyclic) bond motifs is 3. The van der Waals surface area contributed by atoms with Crippen LogP contribution in [0.1, 0.15) is 18.9 Å². The zero-order valence-electron chi connectivity index (χ0n) is 16.1. The first-order chi connectivity index (χ1) is 14.1.